The molecular formula is C18H16Cl4N2O4. The van der Waals surface area contributed by atoms with Crippen LogP contribution in [0.3, 0.4) is 0 Å². The molecule has 0 spiro atoms. The second-order valence-electron chi connectivity index (χ2n) is 5.63. The Morgan fingerprint density at radius 2 is 1.79 bits per heavy atom. The van der Waals surface area contributed by atoms with Gasteiger partial charge in [-0.25, -0.2) is 0 Å². The Morgan fingerprint density at radius 1 is 1.04 bits per heavy atom. The minimum Gasteiger partial charge on any atom is -0.489 e. The van der Waals surface area contributed by atoms with E-state index in [1.807, 2.05) is 0 Å². The normalized spacial score (nSPS) is 11.6. The highest BCUT2D eigenvalue weighted by atomic mass is 35.5. The Bertz CT molecular complexity index is 863. The van der Waals surface area contributed by atoms with E-state index >= 15 is 0 Å². The monoisotopic (exact) mass is 464 g/mol. The van der Waals surface area contributed by atoms with Gasteiger partial charge in [-0.15, -0.1) is 0 Å². The number of carbonyl (C=O) groups excluding carboxylic acids is 2. The molecule has 1 atom stereocenters. The molecule has 2 aromatic rings. The summed E-state index contributed by atoms with van der Waals surface area (Å²) >= 11 is 23.6. The fourth-order valence-corrected chi connectivity index (χ4v) is 2.90. The number of benzene rings is 2. The van der Waals surface area contributed by atoms with E-state index in [2.05, 4.69) is 10.6 Å². The highest BCUT2D eigenvalue weighted by Crippen LogP contribution is 2.31. The van der Waals surface area contributed by atoms with Crippen LogP contribution in [0.25, 0.3) is 0 Å². The Labute approximate surface area is 181 Å². The number of hydrogen-bond donors (Lipinski definition) is 3. The number of nitrogens with one attached hydrogen (secondary N) is 2. The SMILES string of the molecule is O=C(CNC(=O)c1ccc(Cl)cc1Cl)NCC(O)COc1cccc(Cl)c1Cl. The van der Waals surface area contributed by atoms with E-state index in [4.69, 9.17) is 51.1 Å². The number of halogens is 4. The third-order valence-electron chi connectivity index (χ3n) is 3.47. The Balaban J connectivity index is 1.72. The molecule has 0 aliphatic carbocycles. The molecule has 3 N–H and O–H groups in total. The van der Waals surface area contributed by atoms with Gasteiger partial charge in [-0.1, -0.05) is 52.5 Å². The van der Waals surface area contributed by atoms with Crippen molar-refractivity contribution < 1.29 is 19.4 Å². The molecule has 6 nitrogen and oxygen atoms in total. The van der Waals surface area contributed by atoms with Gasteiger partial charge in [0.05, 0.1) is 22.2 Å². The number of carbonyl (C=O) groups is 2. The first-order chi connectivity index (χ1) is 13.3. The van der Waals surface area contributed by atoms with Crippen molar-refractivity contribution in [1.82, 2.24) is 10.6 Å². The lowest BCUT2D eigenvalue weighted by Gasteiger charge is -2.14. The number of aliphatic hydroxyl groups excluding tert-OH is 1. The van der Waals surface area contributed by atoms with Crippen molar-refractivity contribution in [3.05, 3.63) is 62.1 Å². The summed E-state index contributed by atoms with van der Waals surface area (Å²) in [7, 11) is 0. The molecule has 0 bridgehead atoms. The molecule has 28 heavy (non-hydrogen) atoms. The average molecular weight is 466 g/mol. The van der Waals surface area contributed by atoms with Crippen molar-refractivity contribution >= 4 is 58.2 Å². The van der Waals surface area contributed by atoms with E-state index in [-0.39, 0.29) is 35.3 Å². The number of hydrogen-bond acceptors (Lipinski definition) is 4. The molecule has 2 rings (SSSR count). The lowest BCUT2D eigenvalue weighted by atomic mass is 10.2. The molecule has 0 aromatic heterocycles. The van der Waals surface area contributed by atoms with Gasteiger partial charge >= 0.3 is 0 Å². The first-order valence-corrected chi connectivity index (χ1v) is 9.54. The zero-order chi connectivity index (χ0) is 20.7. The van der Waals surface area contributed by atoms with Crippen molar-refractivity contribution in [3.8, 4) is 5.75 Å². The van der Waals surface area contributed by atoms with Crippen LogP contribution in [-0.4, -0.2) is 42.7 Å². The highest BCUT2D eigenvalue weighted by molar-refractivity contribution is 6.42. The molecule has 150 valence electrons. The van der Waals surface area contributed by atoms with Crippen LogP contribution < -0.4 is 15.4 Å². The van der Waals surface area contributed by atoms with E-state index in [1.54, 1.807) is 18.2 Å². The number of ether oxygens (including phenoxy) is 1. The molecule has 0 aliphatic rings. The zero-order valence-corrected chi connectivity index (χ0v) is 17.4. The van der Waals surface area contributed by atoms with Crippen LogP contribution in [0.2, 0.25) is 20.1 Å². The first-order valence-electron chi connectivity index (χ1n) is 8.02. The molecule has 2 amide bonds. The summed E-state index contributed by atoms with van der Waals surface area (Å²) in [5.41, 5.74) is 0.200. The average Bonchev–Trinajstić information content (AvgIpc) is 2.65. The molecule has 0 fully saturated rings. The van der Waals surface area contributed by atoms with Crippen LogP contribution in [0.15, 0.2) is 36.4 Å². The van der Waals surface area contributed by atoms with Crippen LogP contribution in [-0.2, 0) is 4.79 Å². The van der Waals surface area contributed by atoms with Gasteiger partial charge in [0.2, 0.25) is 5.91 Å². The summed E-state index contributed by atoms with van der Waals surface area (Å²) in [6.07, 6.45) is -0.986. The molecule has 0 heterocycles. The van der Waals surface area contributed by atoms with Gasteiger partial charge in [0.15, 0.2) is 0 Å². The summed E-state index contributed by atoms with van der Waals surface area (Å²) < 4.78 is 5.38. The lowest BCUT2D eigenvalue weighted by Crippen LogP contribution is -2.41. The lowest BCUT2D eigenvalue weighted by molar-refractivity contribution is -0.120. The standard InChI is InChI=1S/C18H16Cl4N2O4/c19-10-4-5-12(14(21)6-10)18(27)24-8-16(26)23-7-11(25)9-28-15-3-1-2-13(20)17(15)22/h1-6,11,25H,7-9H2,(H,23,26)(H,24,27). The maximum absolute atomic E-state index is 12.0. The van der Waals surface area contributed by atoms with Crippen LogP contribution >= 0.6 is 46.4 Å². The third-order valence-corrected chi connectivity index (χ3v) is 4.82. The molecule has 1 unspecified atom stereocenters. The van der Waals surface area contributed by atoms with Crippen molar-refractivity contribution in [1.29, 1.82) is 0 Å². The topological polar surface area (TPSA) is 87.7 Å². The van der Waals surface area contributed by atoms with Crippen molar-refractivity contribution in [2.75, 3.05) is 19.7 Å². The van der Waals surface area contributed by atoms with Gasteiger partial charge in [0, 0.05) is 11.6 Å². The summed E-state index contributed by atoms with van der Waals surface area (Å²) in [5.74, 6) is -0.679. The van der Waals surface area contributed by atoms with Gasteiger partial charge in [-0.2, -0.15) is 0 Å². The maximum atomic E-state index is 12.0. The van der Waals surface area contributed by atoms with E-state index in [9.17, 15) is 14.7 Å². The summed E-state index contributed by atoms with van der Waals surface area (Å²) in [6.45, 7) is -0.465. The van der Waals surface area contributed by atoms with Gasteiger partial charge in [-0.3, -0.25) is 9.59 Å². The smallest absolute Gasteiger partial charge is 0.253 e. The minimum absolute atomic E-state index is 0.0748. The van der Waals surface area contributed by atoms with E-state index < -0.39 is 17.9 Å². The number of rotatable bonds is 8. The second-order valence-corrected chi connectivity index (χ2v) is 7.26. The Morgan fingerprint density at radius 3 is 2.50 bits per heavy atom. The fraction of sp³-hybridized carbons (Fsp3) is 0.222. The third kappa shape index (κ3) is 6.72. The van der Waals surface area contributed by atoms with Gasteiger partial charge in [0.1, 0.15) is 23.5 Å². The second kappa shape index (κ2) is 10.7. The zero-order valence-electron chi connectivity index (χ0n) is 14.3. The van der Waals surface area contributed by atoms with Crippen molar-refractivity contribution in [3.63, 3.8) is 0 Å². The molecular weight excluding hydrogens is 450 g/mol. The minimum atomic E-state index is -0.986. The largest absolute Gasteiger partial charge is 0.489 e. The molecule has 0 aliphatic heterocycles. The predicted octanol–water partition coefficient (Wildman–Crippen LogP) is 3.59. The number of aliphatic hydroxyl groups is 1. The summed E-state index contributed by atoms with van der Waals surface area (Å²) in [6, 6.07) is 9.29. The summed E-state index contributed by atoms with van der Waals surface area (Å²) in [5, 5.41) is 16.0. The molecule has 0 radical (unpaired) electrons. The summed E-state index contributed by atoms with van der Waals surface area (Å²) in [4.78, 5) is 23.9. The first kappa shape index (κ1) is 22.6. The highest BCUT2D eigenvalue weighted by Gasteiger charge is 2.14. The van der Waals surface area contributed by atoms with Gasteiger partial charge in [-0.05, 0) is 30.3 Å². The maximum Gasteiger partial charge on any atom is 0.253 e. The quantitative estimate of drug-likeness (QED) is 0.555. The predicted molar refractivity (Wildman–Crippen MR) is 110 cm³/mol. The molecule has 0 saturated heterocycles. The van der Waals surface area contributed by atoms with E-state index in [0.717, 1.165) is 0 Å². The Kier molecular flexibility index (Phi) is 8.66. The van der Waals surface area contributed by atoms with Crippen LogP contribution in [0.1, 0.15) is 10.4 Å². The van der Waals surface area contributed by atoms with Gasteiger partial charge < -0.3 is 20.5 Å². The van der Waals surface area contributed by atoms with Crippen LogP contribution in [0, 0.1) is 0 Å². The van der Waals surface area contributed by atoms with Crippen LogP contribution in [0.4, 0.5) is 0 Å². The Hall–Kier alpha value is -1.70. The molecule has 0 saturated carbocycles. The van der Waals surface area contributed by atoms with Crippen LogP contribution in [0.5, 0.6) is 5.75 Å². The molecule has 2 aromatic carbocycles. The fourth-order valence-electron chi connectivity index (χ4n) is 2.06. The van der Waals surface area contributed by atoms with Crippen molar-refractivity contribution in [2.45, 2.75) is 6.10 Å². The number of amides is 2. The molecule has 10 heteroatoms. The van der Waals surface area contributed by atoms with Gasteiger partial charge in [0.25, 0.3) is 5.91 Å². The van der Waals surface area contributed by atoms with E-state index in [1.165, 1.54) is 18.2 Å². The van der Waals surface area contributed by atoms with E-state index in [0.29, 0.717) is 15.8 Å². The van der Waals surface area contributed by atoms with Crippen molar-refractivity contribution in [2.24, 2.45) is 0 Å².